The number of ether oxygens (including phenoxy) is 1. The van der Waals surface area contributed by atoms with Gasteiger partial charge in [-0.15, -0.1) is 0 Å². The van der Waals surface area contributed by atoms with Gasteiger partial charge in [0.2, 0.25) is 5.91 Å². The van der Waals surface area contributed by atoms with Crippen LogP contribution in [0.2, 0.25) is 0 Å². The minimum Gasteiger partial charge on any atom is -0.497 e. The summed E-state index contributed by atoms with van der Waals surface area (Å²) in [6.45, 7) is 1.35. The van der Waals surface area contributed by atoms with E-state index in [1.165, 1.54) is 0 Å². The summed E-state index contributed by atoms with van der Waals surface area (Å²) in [5.41, 5.74) is 6.70. The fourth-order valence-corrected chi connectivity index (χ4v) is 2.54. The van der Waals surface area contributed by atoms with Crippen LogP contribution in [0.1, 0.15) is 24.8 Å². The normalized spacial score (nSPS) is 19.3. The van der Waals surface area contributed by atoms with Crippen molar-refractivity contribution in [3.63, 3.8) is 0 Å². The Balaban J connectivity index is 2.03. The van der Waals surface area contributed by atoms with Crippen LogP contribution in [0, 0.1) is 0 Å². The fourth-order valence-electron chi connectivity index (χ4n) is 2.54. The number of likely N-dealkylation sites (tertiary alicyclic amines) is 1. The molecule has 1 saturated heterocycles. The van der Waals surface area contributed by atoms with Gasteiger partial charge in [0.25, 0.3) is 0 Å². The number of carbonyl (C=O) groups excluding carboxylic acids is 1. The Morgan fingerprint density at radius 1 is 1.50 bits per heavy atom. The van der Waals surface area contributed by atoms with E-state index in [4.69, 9.17) is 10.5 Å². The van der Waals surface area contributed by atoms with Crippen molar-refractivity contribution in [2.24, 2.45) is 5.73 Å². The Kier molecular flexibility index (Phi) is 5.18. The second-order valence-electron chi connectivity index (χ2n) is 5.03. The molecule has 1 aliphatic heterocycles. The van der Waals surface area contributed by atoms with Gasteiger partial charge in [0, 0.05) is 25.2 Å². The van der Waals surface area contributed by atoms with Crippen molar-refractivity contribution in [3.8, 4) is 5.75 Å². The summed E-state index contributed by atoms with van der Waals surface area (Å²) in [5, 5.41) is 0. The summed E-state index contributed by atoms with van der Waals surface area (Å²) in [4.78, 5) is 14.1. The van der Waals surface area contributed by atoms with Crippen LogP contribution in [0.4, 0.5) is 0 Å². The number of nitrogens with two attached hydrogens (primary N) is 1. The number of benzene rings is 1. The molecule has 20 heavy (non-hydrogen) atoms. The van der Waals surface area contributed by atoms with E-state index in [1.807, 2.05) is 35.2 Å². The molecule has 108 valence electrons. The van der Waals surface area contributed by atoms with E-state index >= 15 is 0 Å². The summed E-state index contributed by atoms with van der Waals surface area (Å²) in [6.07, 6.45) is 6.69. The largest absolute Gasteiger partial charge is 0.497 e. The van der Waals surface area contributed by atoms with Gasteiger partial charge in [-0.3, -0.25) is 4.79 Å². The summed E-state index contributed by atoms with van der Waals surface area (Å²) in [7, 11) is 1.63. The third kappa shape index (κ3) is 3.61. The van der Waals surface area contributed by atoms with Crippen LogP contribution in [0.3, 0.4) is 0 Å². The first-order valence-corrected chi connectivity index (χ1v) is 7.07. The lowest BCUT2D eigenvalue weighted by Crippen LogP contribution is -2.46. The first-order chi connectivity index (χ1) is 9.74. The molecule has 0 spiro atoms. The fraction of sp³-hybridized carbons (Fsp3) is 0.438. The first-order valence-electron chi connectivity index (χ1n) is 7.07. The molecule has 1 heterocycles. The lowest BCUT2D eigenvalue weighted by atomic mass is 10.0. The van der Waals surface area contributed by atoms with Gasteiger partial charge < -0.3 is 15.4 Å². The van der Waals surface area contributed by atoms with Gasteiger partial charge in [-0.2, -0.15) is 0 Å². The molecule has 0 saturated carbocycles. The number of amides is 1. The van der Waals surface area contributed by atoms with Gasteiger partial charge in [-0.05, 0) is 43.0 Å². The summed E-state index contributed by atoms with van der Waals surface area (Å²) in [5.74, 6) is 0.834. The standard InChI is InChI=1S/C16H22N2O2/c1-20-15-7-4-5-13(11-15)8-9-16(19)18-10-3-2-6-14(18)12-17/h4-5,7-9,11,14H,2-3,6,10,12,17H2,1H3/b9-8+. The van der Waals surface area contributed by atoms with E-state index in [9.17, 15) is 4.79 Å². The lowest BCUT2D eigenvalue weighted by molar-refractivity contribution is -0.129. The maximum Gasteiger partial charge on any atom is 0.246 e. The summed E-state index contributed by atoms with van der Waals surface area (Å²) in [6, 6.07) is 7.83. The monoisotopic (exact) mass is 274 g/mol. The summed E-state index contributed by atoms with van der Waals surface area (Å²) < 4.78 is 5.17. The molecule has 4 nitrogen and oxygen atoms in total. The molecule has 1 atom stereocenters. The topological polar surface area (TPSA) is 55.6 Å². The predicted molar refractivity (Wildman–Crippen MR) is 80.4 cm³/mol. The smallest absolute Gasteiger partial charge is 0.246 e. The molecule has 1 unspecified atom stereocenters. The number of methoxy groups -OCH3 is 1. The van der Waals surface area contributed by atoms with Crippen LogP contribution in [0.25, 0.3) is 6.08 Å². The number of nitrogens with zero attached hydrogens (tertiary/aromatic N) is 1. The molecule has 0 aromatic heterocycles. The molecule has 2 rings (SSSR count). The second kappa shape index (κ2) is 7.10. The molecular formula is C16H22N2O2. The average molecular weight is 274 g/mol. The van der Waals surface area contributed by atoms with Crippen LogP contribution >= 0.6 is 0 Å². The molecule has 1 aromatic rings. The van der Waals surface area contributed by atoms with E-state index in [0.29, 0.717) is 6.54 Å². The molecule has 1 aliphatic rings. The van der Waals surface area contributed by atoms with E-state index in [-0.39, 0.29) is 11.9 Å². The molecule has 0 radical (unpaired) electrons. The Labute approximate surface area is 120 Å². The van der Waals surface area contributed by atoms with Crippen molar-refractivity contribution in [3.05, 3.63) is 35.9 Å². The van der Waals surface area contributed by atoms with E-state index in [1.54, 1.807) is 13.2 Å². The number of rotatable bonds is 4. The van der Waals surface area contributed by atoms with Crippen molar-refractivity contribution in [1.82, 2.24) is 4.90 Å². The minimum absolute atomic E-state index is 0.0444. The molecule has 1 amide bonds. The van der Waals surface area contributed by atoms with E-state index < -0.39 is 0 Å². The van der Waals surface area contributed by atoms with Gasteiger partial charge >= 0.3 is 0 Å². The Hall–Kier alpha value is -1.81. The van der Waals surface area contributed by atoms with Gasteiger partial charge in [0.1, 0.15) is 5.75 Å². The van der Waals surface area contributed by atoms with Crippen LogP contribution < -0.4 is 10.5 Å². The molecule has 1 aromatic carbocycles. The van der Waals surface area contributed by atoms with Crippen molar-refractivity contribution >= 4 is 12.0 Å². The lowest BCUT2D eigenvalue weighted by Gasteiger charge is -2.34. The highest BCUT2D eigenvalue weighted by Gasteiger charge is 2.23. The zero-order valence-electron chi connectivity index (χ0n) is 11.9. The van der Waals surface area contributed by atoms with Crippen LogP contribution in [-0.2, 0) is 4.79 Å². The van der Waals surface area contributed by atoms with E-state index in [0.717, 1.165) is 37.1 Å². The Morgan fingerprint density at radius 2 is 2.35 bits per heavy atom. The third-order valence-electron chi connectivity index (χ3n) is 3.69. The molecule has 0 aliphatic carbocycles. The van der Waals surface area contributed by atoms with Crippen LogP contribution in [0.15, 0.2) is 30.3 Å². The van der Waals surface area contributed by atoms with Gasteiger partial charge in [-0.25, -0.2) is 0 Å². The van der Waals surface area contributed by atoms with Crippen molar-refractivity contribution in [1.29, 1.82) is 0 Å². The van der Waals surface area contributed by atoms with Gasteiger partial charge in [0.15, 0.2) is 0 Å². The number of carbonyl (C=O) groups is 1. The molecule has 4 heteroatoms. The number of hydrogen-bond donors (Lipinski definition) is 1. The first kappa shape index (κ1) is 14.6. The third-order valence-corrected chi connectivity index (χ3v) is 3.69. The second-order valence-corrected chi connectivity index (χ2v) is 5.03. The molecule has 2 N–H and O–H groups in total. The van der Waals surface area contributed by atoms with Gasteiger partial charge in [0.05, 0.1) is 7.11 Å². The molecule has 1 fully saturated rings. The SMILES string of the molecule is COc1cccc(/C=C/C(=O)N2CCCCC2CN)c1. The minimum atomic E-state index is 0.0444. The predicted octanol–water partition coefficient (Wildman–Crippen LogP) is 2.05. The Bertz CT molecular complexity index is 485. The van der Waals surface area contributed by atoms with Crippen molar-refractivity contribution < 1.29 is 9.53 Å². The quantitative estimate of drug-likeness (QED) is 0.855. The van der Waals surface area contributed by atoms with Crippen LogP contribution in [0.5, 0.6) is 5.75 Å². The zero-order valence-corrected chi connectivity index (χ0v) is 11.9. The van der Waals surface area contributed by atoms with E-state index in [2.05, 4.69) is 0 Å². The van der Waals surface area contributed by atoms with Crippen LogP contribution in [-0.4, -0.2) is 37.0 Å². The maximum absolute atomic E-state index is 12.2. The summed E-state index contributed by atoms with van der Waals surface area (Å²) >= 11 is 0. The molecular weight excluding hydrogens is 252 g/mol. The van der Waals surface area contributed by atoms with Crippen molar-refractivity contribution in [2.45, 2.75) is 25.3 Å². The maximum atomic E-state index is 12.2. The Morgan fingerprint density at radius 3 is 3.10 bits per heavy atom. The van der Waals surface area contributed by atoms with Gasteiger partial charge in [-0.1, -0.05) is 12.1 Å². The molecule has 0 bridgehead atoms. The zero-order chi connectivity index (χ0) is 14.4. The highest BCUT2D eigenvalue weighted by atomic mass is 16.5. The number of piperidine rings is 1. The average Bonchev–Trinajstić information content (AvgIpc) is 2.52. The number of hydrogen-bond acceptors (Lipinski definition) is 3. The highest BCUT2D eigenvalue weighted by molar-refractivity contribution is 5.92. The highest BCUT2D eigenvalue weighted by Crippen LogP contribution is 2.18. The van der Waals surface area contributed by atoms with Crippen molar-refractivity contribution in [2.75, 3.05) is 20.2 Å².